The van der Waals surface area contributed by atoms with Gasteiger partial charge in [-0.25, -0.2) is 0 Å². The van der Waals surface area contributed by atoms with Crippen molar-refractivity contribution in [3.8, 4) is 0 Å². The van der Waals surface area contributed by atoms with Crippen molar-refractivity contribution in [2.24, 2.45) is 0 Å². The summed E-state index contributed by atoms with van der Waals surface area (Å²) in [5.41, 5.74) is 1.44. The van der Waals surface area contributed by atoms with Crippen LogP contribution in [0.4, 0.5) is 0 Å². The summed E-state index contributed by atoms with van der Waals surface area (Å²) in [4.78, 5) is 16.5. The number of benzene rings is 1. The van der Waals surface area contributed by atoms with E-state index < -0.39 is 0 Å². The van der Waals surface area contributed by atoms with Gasteiger partial charge in [0.25, 0.3) is 5.91 Å². The fourth-order valence-corrected chi connectivity index (χ4v) is 3.22. The Kier molecular flexibility index (Phi) is 4.93. The molecule has 0 unspecified atom stereocenters. The van der Waals surface area contributed by atoms with E-state index in [-0.39, 0.29) is 5.91 Å². The minimum absolute atomic E-state index is 0.0236. The molecule has 1 saturated heterocycles. The lowest BCUT2D eigenvalue weighted by Gasteiger charge is -2.34. The van der Waals surface area contributed by atoms with Gasteiger partial charge in [-0.1, -0.05) is 33.8 Å². The molecule has 2 heterocycles. The molecule has 0 spiro atoms. The van der Waals surface area contributed by atoms with Crippen LogP contribution in [-0.4, -0.2) is 51.5 Å². The van der Waals surface area contributed by atoms with Gasteiger partial charge in [-0.15, -0.1) is 5.10 Å². The van der Waals surface area contributed by atoms with E-state index in [9.17, 15) is 4.79 Å². The highest BCUT2D eigenvalue weighted by molar-refractivity contribution is 7.10. The maximum atomic E-state index is 12.4. The van der Waals surface area contributed by atoms with Gasteiger partial charge in [0.2, 0.25) is 0 Å². The highest BCUT2D eigenvalue weighted by atomic mass is 35.5. The van der Waals surface area contributed by atoms with Gasteiger partial charge in [-0.3, -0.25) is 9.69 Å². The fourth-order valence-electron chi connectivity index (χ4n) is 2.42. The molecule has 1 aliphatic rings. The zero-order valence-electron chi connectivity index (χ0n) is 11.7. The molecule has 5 nitrogen and oxygen atoms in total. The molecule has 1 aliphatic heterocycles. The number of rotatable bonds is 3. The van der Waals surface area contributed by atoms with Gasteiger partial charge in [0, 0.05) is 54.8 Å². The van der Waals surface area contributed by atoms with E-state index in [4.69, 9.17) is 23.2 Å². The number of carbonyl (C=O) groups is 1. The molecule has 0 aliphatic carbocycles. The molecule has 0 bridgehead atoms. The Labute approximate surface area is 142 Å². The highest BCUT2D eigenvalue weighted by Gasteiger charge is 2.23. The molecule has 0 N–H and O–H groups in total. The van der Waals surface area contributed by atoms with E-state index in [0.29, 0.717) is 34.6 Å². The largest absolute Gasteiger partial charge is 0.336 e. The molecule has 8 heteroatoms. The zero-order valence-corrected chi connectivity index (χ0v) is 14.0. The van der Waals surface area contributed by atoms with E-state index >= 15 is 0 Å². The lowest BCUT2D eigenvalue weighted by molar-refractivity contribution is 0.0627. The van der Waals surface area contributed by atoms with Crippen LogP contribution in [0.5, 0.6) is 0 Å². The van der Waals surface area contributed by atoms with Crippen molar-refractivity contribution in [2.75, 3.05) is 26.2 Å². The third-order valence-corrected chi connectivity index (χ3v) is 4.83. The number of carbonyl (C=O) groups excluding carboxylic acids is 1. The first-order chi connectivity index (χ1) is 10.6. The van der Waals surface area contributed by atoms with E-state index in [1.807, 2.05) is 4.90 Å². The van der Waals surface area contributed by atoms with E-state index in [1.54, 1.807) is 24.3 Å². The van der Waals surface area contributed by atoms with Crippen LogP contribution in [-0.2, 0) is 6.54 Å². The predicted octanol–water partition coefficient (Wildman–Crippen LogP) is 2.80. The number of hydrogen-bond donors (Lipinski definition) is 0. The average molecular weight is 357 g/mol. The quantitative estimate of drug-likeness (QED) is 0.848. The fraction of sp³-hybridized carbons (Fsp3) is 0.357. The maximum Gasteiger partial charge on any atom is 0.253 e. The first kappa shape index (κ1) is 15.7. The Morgan fingerprint density at radius 2 is 2.00 bits per heavy atom. The van der Waals surface area contributed by atoms with Crippen molar-refractivity contribution in [3.05, 3.63) is 44.9 Å². The van der Waals surface area contributed by atoms with Crippen molar-refractivity contribution in [1.82, 2.24) is 19.4 Å². The minimum atomic E-state index is 0.0236. The van der Waals surface area contributed by atoms with E-state index in [0.717, 1.165) is 18.8 Å². The Bertz CT molecular complexity index is 670. The van der Waals surface area contributed by atoms with Gasteiger partial charge < -0.3 is 4.90 Å². The third kappa shape index (κ3) is 3.57. The van der Waals surface area contributed by atoms with E-state index in [1.165, 1.54) is 11.5 Å². The SMILES string of the molecule is O=C(c1cccc(Cl)c1)N1CCN(Cc2nnsc2Cl)CC1. The summed E-state index contributed by atoms with van der Waals surface area (Å²) < 4.78 is 4.47. The standard InChI is InChI=1S/C14H14Cl2N4OS/c15-11-3-1-2-10(8-11)14(21)20-6-4-19(5-7-20)9-12-13(16)22-18-17-12/h1-3,8H,4-7,9H2. The molecular formula is C14H14Cl2N4OS. The number of hydrogen-bond acceptors (Lipinski definition) is 5. The topological polar surface area (TPSA) is 49.3 Å². The molecule has 0 radical (unpaired) electrons. The van der Waals surface area contributed by atoms with Crippen LogP contribution < -0.4 is 0 Å². The molecule has 3 rings (SSSR count). The first-order valence-corrected chi connectivity index (χ1v) is 8.40. The second-order valence-electron chi connectivity index (χ2n) is 5.07. The molecule has 0 atom stereocenters. The summed E-state index contributed by atoms with van der Waals surface area (Å²) >= 11 is 13.2. The molecule has 1 fully saturated rings. The van der Waals surface area contributed by atoms with Crippen LogP contribution >= 0.6 is 34.7 Å². The van der Waals surface area contributed by atoms with Crippen molar-refractivity contribution < 1.29 is 4.79 Å². The summed E-state index contributed by atoms with van der Waals surface area (Å²) in [6.07, 6.45) is 0. The second kappa shape index (κ2) is 6.91. The molecular weight excluding hydrogens is 343 g/mol. The van der Waals surface area contributed by atoms with Crippen molar-refractivity contribution in [3.63, 3.8) is 0 Å². The normalized spacial score (nSPS) is 16.0. The smallest absolute Gasteiger partial charge is 0.253 e. The summed E-state index contributed by atoms with van der Waals surface area (Å²) in [5, 5.41) is 4.60. The molecule has 1 amide bonds. The summed E-state index contributed by atoms with van der Waals surface area (Å²) in [5.74, 6) is 0.0236. The van der Waals surface area contributed by atoms with Gasteiger partial charge in [-0.2, -0.15) is 0 Å². The maximum absolute atomic E-state index is 12.4. The van der Waals surface area contributed by atoms with Gasteiger partial charge in [0.05, 0.1) is 0 Å². The van der Waals surface area contributed by atoms with Crippen molar-refractivity contribution in [2.45, 2.75) is 6.54 Å². The molecule has 2 aromatic rings. The lowest BCUT2D eigenvalue weighted by Crippen LogP contribution is -2.48. The van der Waals surface area contributed by atoms with Crippen LogP contribution in [0, 0.1) is 0 Å². The number of halogens is 2. The zero-order chi connectivity index (χ0) is 15.5. The number of aromatic nitrogens is 2. The van der Waals surface area contributed by atoms with Crippen LogP contribution in [0.2, 0.25) is 9.36 Å². The Morgan fingerprint density at radius 1 is 1.23 bits per heavy atom. The summed E-state index contributed by atoms with van der Waals surface area (Å²) in [6, 6.07) is 7.06. The Hall–Kier alpha value is -1.21. The third-order valence-electron chi connectivity index (χ3n) is 3.61. The van der Waals surface area contributed by atoms with Gasteiger partial charge in [0.15, 0.2) is 0 Å². The molecule has 0 saturated carbocycles. The number of nitrogens with zero attached hydrogens (tertiary/aromatic N) is 4. The van der Waals surface area contributed by atoms with Crippen LogP contribution in [0.1, 0.15) is 16.1 Å². The van der Waals surface area contributed by atoms with Gasteiger partial charge >= 0.3 is 0 Å². The van der Waals surface area contributed by atoms with Gasteiger partial charge in [0.1, 0.15) is 10.0 Å². The Morgan fingerprint density at radius 3 is 2.64 bits per heavy atom. The molecule has 116 valence electrons. The van der Waals surface area contributed by atoms with Gasteiger partial charge in [-0.05, 0) is 18.2 Å². The highest BCUT2D eigenvalue weighted by Crippen LogP contribution is 2.20. The summed E-state index contributed by atoms with van der Waals surface area (Å²) in [7, 11) is 0. The number of amides is 1. The average Bonchev–Trinajstić information content (AvgIpc) is 2.92. The Balaban J connectivity index is 1.57. The van der Waals surface area contributed by atoms with E-state index in [2.05, 4.69) is 14.5 Å². The van der Waals surface area contributed by atoms with Crippen molar-refractivity contribution in [1.29, 1.82) is 0 Å². The van der Waals surface area contributed by atoms with Crippen molar-refractivity contribution >= 4 is 40.6 Å². The molecule has 1 aromatic carbocycles. The molecule has 22 heavy (non-hydrogen) atoms. The predicted molar refractivity (Wildman–Crippen MR) is 87.6 cm³/mol. The first-order valence-electron chi connectivity index (χ1n) is 6.87. The lowest BCUT2D eigenvalue weighted by atomic mass is 10.2. The van der Waals surface area contributed by atoms with Crippen LogP contribution in [0.25, 0.3) is 0 Å². The van der Waals surface area contributed by atoms with Crippen LogP contribution in [0.3, 0.4) is 0 Å². The monoisotopic (exact) mass is 356 g/mol. The second-order valence-corrected chi connectivity index (χ2v) is 6.86. The number of piperazine rings is 1. The minimum Gasteiger partial charge on any atom is -0.336 e. The van der Waals surface area contributed by atoms with Crippen LogP contribution in [0.15, 0.2) is 24.3 Å². The summed E-state index contributed by atoms with van der Waals surface area (Å²) in [6.45, 7) is 3.62. The molecule has 1 aromatic heterocycles.